The van der Waals surface area contributed by atoms with Gasteiger partial charge in [-0.05, 0) is 13.8 Å². The second-order valence-electron chi connectivity index (χ2n) is 4.51. The van der Waals surface area contributed by atoms with Crippen LogP contribution in [0.5, 0.6) is 0 Å². The molecule has 0 spiro atoms. The second-order valence-corrected chi connectivity index (χ2v) is 5.80. The molecule has 0 radical (unpaired) electrons. The number of rotatable bonds is 1. The number of fused-ring (bicyclic) bond motifs is 1. The third kappa shape index (κ3) is 1.92. The summed E-state index contributed by atoms with van der Waals surface area (Å²) >= 11 is 1.80. The van der Waals surface area contributed by atoms with Crippen LogP contribution >= 0.6 is 11.3 Å². The highest BCUT2D eigenvalue weighted by Crippen LogP contribution is 2.28. The smallest absolute Gasteiger partial charge is 0.221 e. The molecule has 0 unspecified atom stereocenters. The maximum Gasteiger partial charge on any atom is 0.221 e. The molecule has 3 rings (SSSR count). The highest BCUT2D eigenvalue weighted by molar-refractivity contribution is 7.11. The molecule has 94 valence electrons. The molecule has 0 amide bonds. The Bertz CT molecular complexity index is 592. The first-order valence-electron chi connectivity index (χ1n) is 5.93. The SMILES string of the molecule is Cc1nc2c(s1)CCN(c1nc(N)ncc1C)C2. The summed E-state index contributed by atoms with van der Waals surface area (Å²) in [7, 11) is 0. The molecule has 0 saturated carbocycles. The summed E-state index contributed by atoms with van der Waals surface area (Å²) in [5.41, 5.74) is 7.91. The van der Waals surface area contributed by atoms with Crippen LogP contribution in [0.3, 0.4) is 0 Å². The van der Waals surface area contributed by atoms with Gasteiger partial charge in [0, 0.05) is 29.6 Å². The molecule has 2 aromatic rings. The highest BCUT2D eigenvalue weighted by atomic mass is 32.1. The van der Waals surface area contributed by atoms with Gasteiger partial charge in [0.15, 0.2) is 0 Å². The average Bonchev–Trinajstić information content (AvgIpc) is 2.71. The molecule has 0 aromatic carbocycles. The second kappa shape index (κ2) is 4.20. The Morgan fingerprint density at radius 3 is 3.00 bits per heavy atom. The van der Waals surface area contributed by atoms with Crippen LogP contribution in [0, 0.1) is 13.8 Å². The van der Waals surface area contributed by atoms with Gasteiger partial charge in [-0.1, -0.05) is 0 Å². The standard InChI is InChI=1S/C12H15N5S/c1-7-5-14-12(13)16-11(7)17-4-3-10-9(6-17)15-8(2)18-10/h5H,3-4,6H2,1-2H3,(H2,13,14,16). The first-order chi connectivity index (χ1) is 8.63. The first-order valence-corrected chi connectivity index (χ1v) is 6.74. The topological polar surface area (TPSA) is 67.9 Å². The quantitative estimate of drug-likeness (QED) is 0.846. The number of thiazole rings is 1. The van der Waals surface area contributed by atoms with Crippen LogP contribution in [0.4, 0.5) is 11.8 Å². The summed E-state index contributed by atoms with van der Waals surface area (Å²) < 4.78 is 0. The van der Waals surface area contributed by atoms with Crippen molar-refractivity contribution >= 4 is 23.1 Å². The molecule has 2 N–H and O–H groups in total. The van der Waals surface area contributed by atoms with Gasteiger partial charge >= 0.3 is 0 Å². The van der Waals surface area contributed by atoms with Crippen molar-refractivity contribution in [2.75, 3.05) is 17.2 Å². The molecule has 0 fully saturated rings. The lowest BCUT2D eigenvalue weighted by atomic mass is 10.1. The average molecular weight is 261 g/mol. The van der Waals surface area contributed by atoms with Crippen molar-refractivity contribution in [2.24, 2.45) is 0 Å². The molecule has 0 atom stereocenters. The van der Waals surface area contributed by atoms with E-state index in [-0.39, 0.29) is 0 Å². The van der Waals surface area contributed by atoms with Gasteiger partial charge in [-0.15, -0.1) is 11.3 Å². The molecular formula is C12H15N5S. The summed E-state index contributed by atoms with van der Waals surface area (Å²) in [5.74, 6) is 1.26. The van der Waals surface area contributed by atoms with Gasteiger partial charge in [-0.25, -0.2) is 9.97 Å². The largest absolute Gasteiger partial charge is 0.368 e. The van der Waals surface area contributed by atoms with E-state index in [1.54, 1.807) is 17.5 Å². The fraction of sp³-hybridized carbons (Fsp3) is 0.417. The van der Waals surface area contributed by atoms with Gasteiger partial charge in [0.05, 0.1) is 17.2 Å². The highest BCUT2D eigenvalue weighted by Gasteiger charge is 2.22. The Morgan fingerprint density at radius 1 is 1.33 bits per heavy atom. The van der Waals surface area contributed by atoms with Crippen molar-refractivity contribution in [1.82, 2.24) is 15.0 Å². The lowest BCUT2D eigenvalue weighted by Gasteiger charge is -2.28. The molecule has 0 bridgehead atoms. The zero-order chi connectivity index (χ0) is 12.7. The van der Waals surface area contributed by atoms with Crippen LogP contribution in [-0.4, -0.2) is 21.5 Å². The summed E-state index contributed by atoms with van der Waals surface area (Å²) in [6.45, 7) is 5.85. The van der Waals surface area contributed by atoms with E-state index in [2.05, 4.69) is 26.8 Å². The van der Waals surface area contributed by atoms with Crippen LogP contribution in [0.2, 0.25) is 0 Å². The van der Waals surface area contributed by atoms with Gasteiger partial charge in [-0.3, -0.25) is 0 Å². The maximum atomic E-state index is 5.67. The number of nitrogen functional groups attached to an aromatic ring is 1. The van der Waals surface area contributed by atoms with Crippen LogP contribution in [0.1, 0.15) is 21.1 Å². The minimum atomic E-state index is 0.329. The monoisotopic (exact) mass is 261 g/mol. The molecule has 1 aliphatic rings. The number of hydrogen-bond donors (Lipinski definition) is 1. The molecule has 3 heterocycles. The van der Waals surface area contributed by atoms with Gasteiger partial charge in [0.1, 0.15) is 5.82 Å². The summed E-state index contributed by atoms with van der Waals surface area (Å²) in [6, 6.07) is 0. The molecule has 2 aromatic heterocycles. The van der Waals surface area contributed by atoms with Gasteiger partial charge in [-0.2, -0.15) is 4.98 Å². The Kier molecular flexibility index (Phi) is 2.66. The Morgan fingerprint density at radius 2 is 2.17 bits per heavy atom. The summed E-state index contributed by atoms with van der Waals surface area (Å²) in [4.78, 5) is 16.6. The molecule has 1 aliphatic heterocycles. The lowest BCUT2D eigenvalue weighted by molar-refractivity contribution is 0.711. The lowest BCUT2D eigenvalue weighted by Crippen LogP contribution is -2.31. The van der Waals surface area contributed by atoms with E-state index in [1.165, 1.54) is 10.6 Å². The Hall–Kier alpha value is -1.69. The van der Waals surface area contributed by atoms with E-state index in [0.29, 0.717) is 5.95 Å². The summed E-state index contributed by atoms with van der Waals surface area (Å²) in [6.07, 6.45) is 2.81. The van der Waals surface area contributed by atoms with Crippen LogP contribution < -0.4 is 10.6 Å². The predicted molar refractivity (Wildman–Crippen MR) is 72.8 cm³/mol. The molecule has 0 aliphatic carbocycles. The molecule has 18 heavy (non-hydrogen) atoms. The number of aromatic nitrogens is 3. The summed E-state index contributed by atoms with van der Waals surface area (Å²) in [5, 5.41) is 1.14. The molecule has 5 nitrogen and oxygen atoms in total. The predicted octanol–water partition coefficient (Wildman–Crippen LogP) is 1.69. The molecule has 6 heteroatoms. The molecular weight excluding hydrogens is 246 g/mol. The van der Waals surface area contributed by atoms with Gasteiger partial charge < -0.3 is 10.6 Å². The van der Waals surface area contributed by atoms with E-state index in [1.807, 2.05) is 6.92 Å². The van der Waals surface area contributed by atoms with Crippen molar-refractivity contribution in [2.45, 2.75) is 26.8 Å². The minimum Gasteiger partial charge on any atom is -0.368 e. The van der Waals surface area contributed by atoms with Crippen molar-refractivity contribution in [3.05, 3.63) is 27.3 Å². The number of anilines is 2. The molecule has 0 saturated heterocycles. The fourth-order valence-electron chi connectivity index (χ4n) is 2.27. The fourth-order valence-corrected chi connectivity index (χ4v) is 3.21. The van der Waals surface area contributed by atoms with Crippen molar-refractivity contribution in [3.63, 3.8) is 0 Å². The van der Waals surface area contributed by atoms with Crippen LogP contribution in [-0.2, 0) is 13.0 Å². The van der Waals surface area contributed by atoms with Crippen molar-refractivity contribution < 1.29 is 0 Å². The number of nitrogens with two attached hydrogens (primary N) is 1. The van der Waals surface area contributed by atoms with Crippen LogP contribution in [0.25, 0.3) is 0 Å². The minimum absolute atomic E-state index is 0.329. The number of aryl methyl sites for hydroxylation is 2. The van der Waals surface area contributed by atoms with Gasteiger partial charge in [0.25, 0.3) is 0 Å². The number of nitrogens with zero attached hydrogens (tertiary/aromatic N) is 4. The van der Waals surface area contributed by atoms with Crippen molar-refractivity contribution in [1.29, 1.82) is 0 Å². The third-order valence-corrected chi connectivity index (χ3v) is 4.17. The zero-order valence-corrected chi connectivity index (χ0v) is 11.3. The third-order valence-electron chi connectivity index (χ3n) is 3.10. The van der Waals surface area contributed by atoms with E-state index in [4.69, 9.17) is 5.73 Å². The Labute approximate surface area is 110 Å². The van der Waals surface area contributed by atoms with E-state index < -0.39 is 0 Å². The van der Waals surface area contributed by atoms with E-state index >= 15 is 0 Å². The maximum absolute atomic E-state index is 5.67. The van der Waals surface area contributed by atoms with Gasteiger partial charge in [0.2, 0.25) is 5.95 Å². The van der Waals surface area contributed by atoms with E-state index in [9.17, 15) is 0 Å². The zero-order valence-electron chi connectivity index (χ0n) is 10.5. The normalized spacial score (nSPS) is 14.7. The first kappa shape index (κ1) is 11.4. The Balaban J connectivity index is 1.93. The van der Waals surface area contributed by atoms with Crippen molar-refractivity contribution in [3.8, 4) is 0 Å². The number of hydrogen-bond acceptors (Lipinski definition) is 6. The van der Waals surface area contributed by atoms with Crippen LogP contribution in [0.15, 0.2) is 6.20 Å². The van der Waals surface area contributed by atoms with E-state index in [0.717, 1.165) is 35.9 Å².